The topological polar surface area (TPSA) is 105 Å². The van der Waals surface area contributed by atoms with Gasteiger partial charge in [0, 0.05) is 7.05 Å². The van der Waals surface area contributed by atoms with E-state index in [4.69, 9.17) is 11.6 Å². The number of nitro groups is 1. The third-order valence-corrected chi connectivity index (χ3v) is 3.00. The van der Waals surface area contributed by atoms with Crippen LogP contribution in [0, 0.1) is 10.1 Å². The minimum absolute atomic E-state index is 0.189. The van der Waals surface area contributed by atoms with Crippen molar-refractivity contribution in [1.82, 2.24) is 29.5 Å². The zero-order valence-corrected chi connectivity index (χ0v) is 11.0. The second-order valence-electron chi connectivity index (χ2n) is 4.06. The minimum Gasteiger partial charge on any atom is -0.358 e. The van der Waals surface area contributed by atoms with Crippen molar-refractivity contribution < 1.29 is 4.92 Å². The molecule has 0 radical (unpaired) electrons. The molecule has 0 fully saturated rings. The van der Waals surface area contributed by atoms with Crippen molar-refractivity contribution in [2.75, 3.05) is 0 Å². The number of aromatic nitrogens is 6. The molecule has 3 heterocycles. The number of fused-ring (bicyclic) bond motifs is 1. The normalized spacial score (nSPS) is 11.1. The molecule has 0 aliphatic rings. The van der Waals surface area contributed by atoms with Crippen LogP contribution < -0.4 is 0 Å². The predicted octanol–water partition coefficient (Wildman–Crippen LogP) is 1.17. The highest BCUT2D eigenvalue weighted by Gasteiger charge is 2.14. The first kappa shape index (κ1) is 12.5. The van der Waals surface area contributed by atoms with Gasteiger partial charge in [-0.15, -0.1) is 0 Å². The van der Waals surface area contributed by atoms with E-state index in [2.05, 4.69) is 20.2 Å². The van der Waals surface area contributed by atoms with Gasteiger partial charge in [-0.1, -0.05) is 11.6 Å². The molecule has 0 aliphatic carbocycles. The molecule has 0 aromatic carbocycles. The third kappa shape index (κ3) is 2.07. The summed E-state index contributed by atoms with van der Waals surface area (Å²) in [5, 5.41) is 19.4. The molecule has 0 amide bonds. The minimum atomic E-state index is -0.561. The Labute approximate surface area is 117 Å². The molecule has 0 saturated heterocycles. The zero-order valence-electron chi connectivity index (χ0n) is 10.3. The van der Waals surface area contributed by atoms with E-state index >= 15 is 0 Å². The fourth-order valence-corrected chi connectivity index (χ4v) is 2.01. The van der Waals surface area contributed by atoms with Crippen LogP contribution in [0.1, 0.15) is 5.82 Å². The number of hydrogen-bond donors (Lipinski definition) is 0. The average Bonchev–Trinajstić information content (AvgIpc) is 2.98. The Kier molecular flexibility index (Phi) is 2.83. The van der Waals surface area contributed by atoms with Gasteiger partial charge in [-0.2, -0.15) is 9.78 Å². The SMILES string of the molecule is Cn1ncc2c(Cl)nc(Cn3ccc([N+](=O)[O-])n3)nc21. The molecule has 3 rings (SSSR count). The average molecular weight is 294 g/mol. The first-order chi connectivity index (χ1) is 9.54. The Hall–Kier alpha value is -2.55. The number of aryl methyl sites for hydroxylation is 1. The molecule has 20 heavy (non-hydrogen) atoms. The molecule has 0 bridgehead atoms. The third-order valence-electron chi connectivity index (χ3n) is 2.71. The van der Waals surface area contributed by atoms with Crippen molar-refractivity contribution in [2.45, 2.75) is 6.54 Å². The Morgan fingerprint density at radius 2 is 2.25 bits per heavy atom. The molecule has 0 unspecified atom stereocenters. The van der Waals surface area contributed by atoms with E-state index in [0.29, 0.717) is 22.0 Å². The number of halogens is 1. The van der Waals surface area contributed by atoms with Gasteiger partial charge in [-0.25, -0.2) is 9.97 Å². The lowest BCUT2D eigenvalue weighted by molar-refractivity contribution is -0.389. The van der Waals surface area contributed by atoms with E-state index in [1.54, 1.807) is 17.9 Å². The lowest BCUT2D eigenvalue weighted by Gasteiger charge is -2.00. The predicted molar refractivity (Wildman–Crippen MR) is 69.3 cm³/mol. The van der Waals surface area contributed by atoms with Crippen LogP contribution in [0.2, 0.25) is 5.15 Å². The lowest BCUT2D eigenvalue weighted by Crippen LogP contribution is -2.07. The first-order valence-corrected chi connectivity index (χ1v) is 5.94. The second kappa shape index (κ2) is 4.53. The summed E-state index contributed by atoms with van der Waals surface area (Å²) < 4.78 is 2.96. The molecule has 0 atom stereocenters. The summed E-state index contributed by atoms with van der Waals surface area (Å²) in [7, 11) is 1.74. The Morgan fingerprint density at radius 1 is 1.45 bits per heavy atom. The quantitative estimate of drug-likeness (QED) is 0.408. The van der Waals surface area contributed by atoms with Crippen molar-refractivity contribution in [3.8, 4) is 0 Å². The van der Waals surface area contributed by atoms with Crippen LogP contribution in [0.3, 0.4) is 0 Å². The van der Waals surface area contributed by atoms with Crippen molar-refractivity contribution in [3.63, 3.8) is 0 Å². The van der Waals surface area contributed by atoms with E-state index in [9.17, 15) is 10.1 Å². The van der Waals surface area contributed by atoms with E-state index in [1.165, 1.54) is 16.9 Å². The van der Waals surface area contributed by atoms with Crippen molar-refractivity contribution in [1.29, 1.82) is 0 Å². The summed E-state index contributed by atoms with van der Waals surface area (Å²) in [5.74, 6) is 0.182. The maximum absolute atomic E-state index is 10.6. The van der Waals surface area contributed by atoms with Crippen LogP contribution in [0.15, 0.2) is 18.5 Å². The van der Waals surface area contributed by atoms with Gasteiger partial charge in [-0.05, 0) is 4.92 Å². The van der Waals surface area contributed by atoms with Gasteiger partial charge in [0.15, 0.2) is 11.5 Å². The highest BCUT2D eigenvalue weighted by Crippen LogP contribution is 2.19. The van der Waals surface area contributed by atoms with Gasteiger partial charge >= 0.3 is 5.82 Å². The van der Waals surface area contributed by atoms with Crippen molar-refractivity contribution in [2.24, 2.45) is 7.05 Å². The Morgan fingerprint density at radius 3 is 2.95 bits per heavy atom. The number of rotatable bonds is 3. The summed E-state index contributed by atoms with van der Waals surface area (Å²) in [6, 6.07) is 1.31. The van der Waals surface area contributed by atoms with Gasteiger partial charge in [0.2, 0.25) is 0 Å². The van der Waals surface area contributed by atoms with Gasteiger partial charge in [0.1, 0.15) is 11.7 Å². The van der Waals surface area contributed by atoms with E-state index in [0.717, 1.165) is 0 Å². The Balaban J connectivity index is 1.97. The molecule has 3 aromatic rings. The smallest absolute Gasteiger partial charge is 0.358 e. The number of nitrogens with zero attached hydrogens (tertiary/aromatic N) is 7. The molecule has 10 heteroatoms. The van der Waals surface area contributed by atoms with Crippen LogP contribution in [0.25, 0.3) is 11.0 Å². The van der Waals surface area contributed by atoms with Gasteiger partial charge < -0.3 is 10.1 Å². The van der Waals surface area contributed by atoms with Crippen LogP contribution in [-0.4, -0.2) is 34.5 Å². The van der Waals surface area contributed by atoms with Gasteiger partial charge in [0.25, 0.3) is 0 Å². The highest BCUT2D eigenvalue weighted by molar-refractivity contribution is 6.33. The standard InChI is InChI=1S/C10H8ClN7O2/c1-16-10-6(4-12-16)9(11)13-7(14-10)5-17-3-2-8(15-17)18(19)20/h2-4H,5H2,1H3. The summed E-state index contributed by atoms with van der Waals surface area (Å²) in [6.45, 7) is 0.189. The maximum Gasteiger partial charge on any atom is 0.389 e. The lowest BCUT2D eigenvalue weighted by atomic mass is 10.4. The molecule has 0 aliphatic heterocycles. The monoisotopic (exact) mass is 293 g/mol. The van der Waals surface area contributed by atoms with E-state index < -0.39 is 4.92 Å². The number of hydrogen-bond acceptors (Lipinski definition) is 6. The zero-order chi connectivity index (χ0) is 14.3. The molecule has 0 saturated carbocycles. The molecule has 0 spiro atoms. The van der Waals surface area contributed by atoms with Gasteiger partial charge in [-0.3, -0.25) is 4.68 Å². The second-order valence-corrected chi connectivity index (χ2v) is 4.42. The van der Waals surface area contributed by atoms with Crippen LogP contribution in [0.5, 0.6) is 0 Å². The maximum atomic E-state index is 10.6. The van der Waals surface area contributed by atoms with Crippen LogP contribution in [0.4, 0.5) is 5.82 Å². The fourth-order valence-electron chi connectivity index (χ4n) is 1.78. The first-order valence-electron chi connectivity index (χ1n) is 5.56. The molecule has 102 valence electrons. The summed E-state index contributed by atoms with van der Waals surface area (Å²) in [5.41, 5.74) is 0.599. The fraction of sp³-hybridized carbons (Fsp3) is 0.200. The van der Waals surface area contributed by atoms with Gasteiger partial charge in [0.05, 0.1) is 28.9 Å². The summed E-state index contributed by atoms with van der Waals surface area (Å²) in [6.07, 6.45) is 3.07. The molecular weight excluding hydrogens is 286 g/mol. The largest absolute Gasteiger partial charge is 0.389 e. The summed E-state index contributed by atoms with van der Waals surface area (Å²) >= 11 is 6.06. The molecular formula is C10H8ClN7O2. The Bertz CT molecular complexity index is 809. The van der Waals surface area contributed by atoms with Crippen LogP contribution in [-0.2, 0) is 13.6 Å². The van der Waals surface area contributed by atoms with Crippen LogP contribution >= 0.6 is 11.6 Å². The molecule has 9 nitrogen and oxygen atoms in total. The van der Waals surface area contributed by atoms with E-state index in [1.807, 2.05) is 0 Å². The highest BCUT2D eigenvalue weighted by atomic mass is 35.5. The van der Waals surface area contributed by atoms with Crippen molar-refractivity contribution in [3.05, 3.63) is 39.6 Å². The molecule has 0 N–H and O–H groups in total. The molecule has 3 aromatic heterocycles. The summed E-state index contributed by atoms with van der Waals surface area (Å²) in [4.78, 5) is 18.5. The van der Waals surface area contributed by atoms with E-state index in [-0.39, 0.29) is 12.4 Å². The van der Waals surface area contributed by atoms with Crippen molar-refractivity contribution >= 4 is 28.5 Å².